The molecule has 1 saturated heterocycles. The monoisotopic (exact) mass is 340 g/mol. The first-order valence-electron chi connectivity index (χ1n) is 8.10. The van der Waals surface area contributed by atoms with Gasteiger partial charge in [0.2, 0.25) is 10.0 Å². The van der Waals surface area contributed by atoms with E-state index in [0.717, 1.165) is 12.8 Å². The topological polar surface area (TPSA) is 61.2 Å². The van der Waals surface area contributed by atoms with Gasteiger partial charge in [0.05, 0.1) is 17.4 Å². The molecular formula is C19H20N2O2S. The van der Waals surface area contributed by atoms with Crippen LogP contribution in [0.15, 0.2) is 54.6 Å². The Morgan fingerprint density at radius 2 is 1.92 bits per heavy atom. The van der Waals surface area contributed by atoms with Gasteiger partial charge in [-0.25, -0.2) is 12.7 Å². The Bertz CT molecular complexity index is 841. The van der Waals surface area contributed by atoms with Gasteiger partial charge in [-0.15, -0.1) is 0 Å². The van der Waals surface area contributed by atoms with E-state index in [1.165, 1.54) is 5.56 Å². The molecule has 1 fully saturated rings. The molecule has 1 aliphatic heterocycles. The number of sulfonamides is 1. The molecule has 0 spiro atoms. The molecule has 3 rings (SSSR count). The van der Waals surface area contributed by atoms with E-state index in [4.69, 9.17) is 5.26 Å². The van der Waals surface area contributed by atoms with Gasteiger partial charge in [0.15, 0.2) is 0 Å². The minimum absolute atomic E-state index is 0.0516. The second-order valence-corrected chi connectivity index (χ2v) is 8.15. The lowest BCUT2D eigenvalue weighted by atomic mass is 9.92. The predicted molar refractivity (Wildman–Crippen MR) is 93.8 cm³/mol. The summed E-state index contributed by atoms with van der Waals surface area (Å²) in [5.74, 6) is 0.199. The third-order valence-corrected chi connectivity index (χ3v) is 6.27. The molecule has 1 aliphatic rings. The van der Waals surface area contributed by atoms with E-state index in [0.29, 0.717) is 24.2 Å². The minimum Gasteiger partial charge on any atom is -0.212 e. The zero-order valence-corrected chi connectivity index (χ0v) is 14.2. The number of benzene rings is 2. The van der Waals surface area contributed by atoms with Gasteiger partial charge in [-0.3, -0.25) is 0 Å². The third-order valence-electron chi connectivity index (χ3n) is 4.45. The number of nitrogens with zero attached hydrogens (tertiary/aromatic N) is 2. The summed E-state index contributed by atoms with van der Waals surface area (Å²) in [6.07, 6.45) is 1.89. The fraction of sp³-hybridized carbons (Fsp3) is 0.316. The number of hydrogen-bond donors (Lipinski definition) is 0. The summed E-state index contributed by atoms with van der Waals surface area (Å²) in [6.45, 7) is 1.11. The van der Waals surface area contributed by atoms with Crippen molar-refractivity contribution in [1.82, 2.24) is 4.31 Å². The van der Waals surface area contributed by atoms with Gasteiger partial charge in [0.25, 0.3) is 0 Å². The number of piperidine rings is 1. The van der Waals surface area contributed by atoms with E-state index in [-0.39, 0.29) is 11.7 Å². The van der Waals surface area contributed by atoms with E-state index in [1.807, 2.05) is 18.2 Å². The van der Waals surface area contributed by atoms with Crippen LogP contribution in [0.5, 0.6) is 0 Å². The molecule has 0 bridgehead atoms. The van der Waals surface area contributed by atoms with Gasteiger partial charge < -0.3 is 0 Å². The molecule has 5 heteroatoms. The first-order valence-corrected chi connectivity index (χ1v) is 9.71. The molecule has 0 aromatic heterocycles. The Kier molecular flexibility index (Phi) is 4.98. The average Bonchev–Trinajstić information content (AvgIpc) is 2.62. The number of nitriles is 1. The fourth-order valence-electron chi connectivity index (χ4n) is 3.22. The van der Waals surface area contributed by atoms with Crippen LogP contribution in [0.4, 0.5) is 0 Å². The van der Waals surface area contributed by atoms with Crippen LogP contribution in [-0.4, -0.2) is 25.8 Å². The van der Waals surface area contributed by atoms with Crippen molar-refractivity contribution in [3.8, 4) is 6.07 Å². The summed E-state index contributed by atoms with van der Waals surface area (Å²) < 4.78 is 27.2. The van der Waals surface area contributed by atoms with E-state index in [1.54, 1.807) is 28.6 Å². The smallest absolute Gasteiger partial charge is 0.212 e. The standard InChI is InChI=1S/C19H20N2O2S/c20-13-16-6-4-7-17(12-16)15-24(22,23)21-11-5-10-19(14-21)18-8-2-1-3-9-18/h1-4,6-9,12,19H,5,10-11,14-15H2. The lowest BCUT2D eigenvalue weighted by Crippen LogP contribution is -2.39. The molecule has 1 atom stereocenters. The number of hydrogen-bond acceptors (Lipinski definition) is 3. The second-order valence-electron chi connectivity index (χ2n) is 6.18. The van der Waals surface area contributed by atoms with Crippen molar-refractivity contribution >= 4 is 10.0 Å². The first kappa shape index (κ1) is 16.7. The Labute approximate surface area is 143 Å². The molecule has 1 heterocycles. The highest BCUT2D eigenvalue weighted by Crippen LogP contribution is 2.29. The molecular weight excluding hydrogens is 320 g/mol. The molecule has 24 heavy (non-hydrogen) atoms. The van der Waals surface area contributed by atoms with Crippen molar-refractivity contribution in [2.45, 2.75) is 24.5 Å². The lowest BCUT2D eigenvalue weighted by Gasteiger charge is -2.32. The Morgan fingerprint density at radius 3 is 2.67 bits per heavy atom. The summed E-state index contributed by atoms with van der Waals surface area (Å²) in [5.41, 5.74) is 2.35. The second kappa shape index (κ2) is 7.16. The highest BCUT2D eigenvalue weighted by atomic mass is 32.2. The average molecular weight is 340 g/mol. The summed E-state index contributed by atoms with van der Waals surface area (Å²) in [6, 6.07) is 19.0. The summed E-state index contributed by atoms with van der Waals surface area (Å²) >= 11 is 0. The van der Waals surface area contributed by atoms with Crippen LogP contribution in [0, 0.1) is 11.3 Å². The molecule has 2 aromatic rings. The quantitative estimate of drug-likeness (QED) is 0.858. The number of rotatable bonds is 4. The molecule has 0 amide bonds. The van der Waals surface area contributed by atoms with Crippen molar-refractivity contribution in [3.05, 3.63) is 71.3 Å². The minimum atomic E-state index is -3.38. The molecule has 0 N–H and O–H groups in total. The van der Waals surface area contributed by atoms with Gasteiger partial charge in [0.1, 0.15) is 0 Å². The van der Waals surface area contributed by atoms with Gasteiger partial charge in [-0.2, -0.15) is 5.26 Å². The van der Waals surface area contributed by atoms with Gasteiger partial charge in [-0.05, 0) is 42.0 Å². The van der Waals surface area contributed by atoms with E-state index in [9.17, 15) is 8.42 Å². The molecule has 2 aromatic carbocycles. The molecule has 0 radical (unpaired) electrons. The van der Waals surface area contributed by atoms with Crippen LogP contribution in [0.2, 0.25) is 0 Å². The summed E-state index contributed by atoms with van der Waals surface area (Å²) in [4.78, 5) is 0. The zero-order chi connectivity index (χ0) is 17.0. The maximum absolute atomic E-state index is 12.8. The van der Waals surface area contributed by atoms with Gasteiger partial charge >= 0.3 is 0 Å². The normalized spacial score (nSPS) is 18.9. The van der Waals surface area contributed by atoms with Gasteiger partial charge in [0, 0.05) is 13.1 Å². The molecule has 4 nitrogen and oxygen atoms in total. The molecule has 1 unspecified atom stereocenters. The van der Waals surface area contributed by atoms with Crippen LogP contribution in [0.1, 0.15) is 35.4 Å². The summed E-state index contributed by atoms with van der Waals surface area (Å²) in [7, 11) is -3.38. The first-order chi connectivity index (χ1) is 11.6. The zero-order valence-electron chi connectivity index (χ0n) is 13.4. The van der Waals surface area contributed by atoms with E-state index >= 15 is 0 Å². The largest absolute Gasteiger partial charge is 0.218 e. The van der Waals surface area contributed by atoms with Crippen LogP contribution in [0.3, 0.4) is 0 Å². The Balaban J connectivity index is 1.75. The van der Waals surface area contributed by atoms with Crippen LogP contribution in [-0.2, 0) is 15.8 Å². The SMILES string of the molecule is N#Cc1cccc(CS(=O)(=O)N2CCCC(c3ccccc3)C2)c1. The van der Waals surface area contributed by atoms with Crippen LogP contribution >= 0.6 is 0 Å². The maximum atomic E-state index is 12.8. The fourth-order valence-corrected chi connectivity index (χ4v) is 4.82. The predicted octanol–water partition coefficient (Wildman–Crippen LogP) is 3.27. The van der Waals surface area contributed by atoms with Gasteiger partial charge in [-0.1, -0.05) is 42.5 Å². The van der Waals surface area contributed by atoms with Crippen molar-refractivity contribution < 1.29 is 8.42 Å². The van der Waals surface area contributed by atoms with Crippen molar-refractivity contribution in [2.75, 3.05) is 13.1 Å². The van der Waals surface area contributed by atoms with Crippen molar-refractivity contribution in [1.29, 1.82) is 5.26 Å². The summed E-state index contributed by atoms with van der Waals surface area (Å²) in [5, 5.41) is 8.96. The Morgan fingerprint density at radius 1 is 1.12 bits per heavy atom. The maximum Gasteiger partial charge on any atom is 0.218 e. The Hall–Kier alpha value is -2.16. The van der Waals surface area contributed by atoms with Crippen LogP contribution in [0.25, 0.3) is 0 Å². The molecule has 0 aliphatic carbocycles. The third kappa shape index (κ3) is 3.84. The van der Waals surface area contributed by atoms with Crippen molar-refractivity contribution in [3.63, 3.8) is 0 Å². The lowest BCUT2D eigenvalue weighted by molar-refractivity contribution is 0.315. The van der Waals surface area contributed by atoms with Crippen molar-refractivity contribution in [2.24, 2.45) is 0 Å². The van der Waals surface area contributed by atoms with E-state index in [2.05, 4.69) is 18.2 Å². The molecule has 124 valence electrons. The highest BCUT2D eigenvalue weighted by molar-refractivity contribution is 7.88. The molecule has 0 saturated carbocycles. The van der Waals surface area contributed by atoms with E-state index < -0.39 is 10.0 Å². The van der Waals surface area contributed by atoms with Crippen LogP contribution < -0.4 is 0 Å². The highest BCUT2D eigenvalue weighted by Gasteiger charge is 2.29.